The first-order chi connectivity index (χ1) is 6.83. The third-order valence-corrected chi connectivity index (χ3v) is 2.33. The van der Waals surface area contributed by atoms with Crippen LogP contribution in [0.25, 0.3) is 10.8 Å². The molecule has 0 saturated carbocycles. The topological polar surface area (TPSA) is 40.5 Å². The van der Waals surface area contributed by atoms with E-state index in [2.05, 4.69) is 0 Å². The molecule has 0 fully saturated rings. The van der Waals surface area contributed by atoms with Crippen molar-refractivity contribution >= 4 is 36.7 Å². The van der Waals surface area contributed by atoms with Crippen LogP contribution in [0, 0.1) is 0 Å². The second-order valence-electron chi connectivity index (χ2n) is 3.33. The van der Waals surface area contributed by atoms with Gasteiger partial charge in [-0.1, -0.05) is 47.3 Å². The van der Waals surface area contributed by atoms with Gasteiger partial charge in [0.05, 0.1) is 0 Å². The minimum absolute atomic E-state index is 0.0672. The van der Waals surface area contributed by atoms with E-state index in [9.17, 15) is 0 Å². The van der Waals surface area contributed by atoms with Gasteiger partial charge in [0.1, 0.15) is 0 Å². The van der Waals surface area contributed by atoms with Crippen molar-refractivity contribution in [3.05, 3.63) is 36.4 Å². The predicted octanol–water partition coefficient (Wildman–Crippen LogP) is -1.22. The molecule has 0 bridgehead atoms. The molecule has 0 aliphatic heterocycles. The van der Waals surface area contributed by atoms with Gasteiger partial charge in [-0.2, -0.15) is 0 Å². The van der Waals surface area contributed by atoms with Crippen LogP contribution in [0.4, 0.5) is 0 Å². The molecular formula is C10H10B2O2. The van der Waals surface area contributed by atoms with E-state index in [0.717, 1.165) is 21.7 Å². The summed E-state index contributed by atoms with van der Waals surface area (Å²) in [5, 5.41) is 20.1. The van der Waals surface area contributed by atoms with Gasteiger partial charge in [-0.15, -0.1) is 0 Å². The Labute approximate surface area is 83.7 Å². The van der Waals surface area contributed by atoms with Gasteiger partial charge < -0.3 is 10.0 Å². The van der Waals surface area contributed by atoms with E-state index in [1.54, 1.807) is 0 Å². The van der Waals surface area contributed by atoms with E-state index in [-0.39, 0.29) is 15.0 Å². The summed E-state index contributed by atoms with van der Waals surface area (Å²) < 4.78 is 0. The van der Waals surface area contributed by atoms with Gasteiger partial charge in [-0.05, 0) is 10.8 Å². The fourth-order valence-corrected chi connectivity index (χ4v) is 1.54. The maximum atomic E-state index is 8.96. The average molecular weight is 184 g/mol. The highest BCUT2D eigenvalue weighted by molar-refractivity contribution is 6.47. The van der Waals surface area contributed by atoms with E-state index in [1.165, 1.54) is 0 Å². The molecule has 0 aliphatic carbocycles. The Morgan fingerprint density at radius 1 is 0.714 bits per heavy atom. The fraction of sp³-hybridized carbons (Fsp3) is 0. The van der Waals surface area contributed by atoms with Crippen LogP contribution in [-0.4, -0.2) is 25.0 Å². The van der Waals surface area contributed by atoms with Crippen LogP contribution >= 0.6 is 0 Å². The molecule has 0 radical (unpaired) electrons. The highest BCUT2D eigenvalue weighted by atomic mass is 16.2. The van der Waals surface area contributed by atoms with Crippen LogP contribution in [0.15, 0.2) is 36.4 Å². The molecule has 0 atom stereocenters. The normalized spacial score (nSPS) is 10.1. The summed E-state index contributed by atoms with van der Waals surface area (Å²) in [6, 6.07) is 11.6. The van der Waals surface area contributed by atoms with Gasteiger partial charge in [-0.3, -0.25) is 0 Å². The predicted molar refractivity (Wildman–Crippen MR) is 62.0 cm³/mol. The van der Waals surface area contributed by atoms with Crippen molar-refractivity contribution in [3.8, 4) is 0 Å². The Bertz CT molecular complexity index is 414. The smallest absolute Gasteiger partial charge is 0.304 e. The van der Waals surface area contributed by atoms with Crippen LogP contribution < -0.4 is 10.9 Å². The zero-order valence-corrected chi connectivity index (χ0v) is 7.77. The van der Waals surface area contributed by atoms with Crippen LogP contribution in [0.2, 0.25) is 0 Å². The fourth-order valence-electron chi connectivity index (χ4n) is 1.54. The third-order valence-electron chi connectivity index (χ3n) is 2.33. The SMILES string of the molecule is OBc1ccc2cc(BO)ccc2c1. The molecule has 4 heteroatoms. The highest BCUT2D eigenvalue weighted by Crippen LogP contribution is 2.09. The molecule has 0 aromatic heterocycles. The second kappa shape index (κ2) is 3.86. The number of fused-ring (bicyclic) bond motifs is 1. The highest BCUT2D eigenvalue weighted by Gasteiger charge is 1.98. The van der Waals surface area contributed by atoms with E-state index in [4.69, 9.17) is 10.0 Å². The van der Waals surface area contributed by atoms with Crippen molar-refractivity contribution in [2.24, 2.45) is 0 Å². The zero-order valence-electron chi connectivity index (χ0n) is 7.77. The van der Waals surface area contributed by atoms with Gasteiger partial charge in [0.15, 0.2) is 0 Å². The molecule has 0 unspecified atom stereocenters. The van der Waals surface area contributed by atoms with Crippen LogP contribution in [0.5, 0.6) is 0 Å². The number of hydrogen-bond acceptors (Lipinski definition) is 2. The standard InChI is InChI=1S/C10H10B2O2/c13-11-9-3-1-7-5-10(12-14)4-2-8(7)6-9/h1-6,11-14H. The summed E-state index contributed by atoms with van der Waals surface area (Å²) >= 11 is 0. The lowest BCUT2D eigenvalue weighted by molar-refractivity contribution is 0.614. The lowest BCUT2D eigenvalue weighted by atomic mass is 9.84. The molecule has 0 heterocycles. The van der Waals surface area contributed by atoms with Crippen molar-refractivity contribution in [2.75, 3.05) is 0 Å². The largest absolute Gasteiger partial charge is 0.449 e. The maximum absolute atomic E-state index is 8.96. The summed E-state index contributed by atoms with van der Waals surface area (Å²) in [5.41, 5.74) is 1.82. The van der Waals surface area contributed by atoms with E-state index >= 15 is 0 Å². The molecule has 0 spiro atoms. The Balaban J connectivity index is 2.57. The first-order valence-electron chi connectivity index (χ1n) is 4.57. The summed E-state index contributed by atoms with van der Waals surface area (Å²) in [6.45, 7) is 0. The lowest BCUT2D eigenvalue weighted by Crippen LogP contribution is -2.14. The molecule has 14 heavy (non-hydrogen) atoms. The molecule has 0 amide bonds. The number of benzene rings is 2. The second-order valence-corrected chi connectivity index (χ2v) is 3.33. The number of rotatable bonds is 2. The van der Waals surface area contributed by atoms with Crippen molar-refractivity contribution in [2.45, 2.75) is 0 Å². The molecule has 2 nitrogen and oxygen atoms in total. The third kappa shape index (κ3) is 1.67. The molecule has 2 aromatic rings. The lowest BCUT2D eigenvalue weighted by Gasteiger charge is -2.01. The Morgan fingerprint density at radius 2 is 1.14 bits per heavy atom. The van der Waals surface area contributed by atoms with Crippen molar-refractivity contribution in [1.29, 1.82) is 0 Å². The van der Waals surface area contributed by atoms with Gasteiger partial charge in [0.25, 0.3) is 0 Å². The molecule has 2 N–H and O–H groups in total. The Morgan fingerprint density at radius 3 is 1.50 bits per heavy atom. The molecule has 2 rings (SSSR count). The van der Waals surface area contributed by atoms with Crippen LogP contribution in [-0.2, 0) is 0 Å². The van der Waals surface area contributed by atoms with Crippen molar-refractivity contribution in [1.82, 2.24) is 0 Å². The maximum Gasteiger partial charge on any atom is 0.304 e. The Hall–Kier alpha value is -1.25. The quantitative estimate of drug-likeness (QED) is 0.574. The summed E-state index contributed by atoms with van der Waals surface area (Å²) in [6.07, 6.45) is 0. The summed E-state index contributed by atoms with van der Waals surface area (Å²) in [7, 11) is 0.134. The summed E-state index contributed by atoms with van der Waals surface area (Å²) in [5.74, 6) is 0. The van der Waals surface area contributed by atoms with Crippen molar-refractivity contribution < 1.29 is 10.0 Å². The molecule has 68 valence electrons. The van der Waals surface area contributed by atoms with E-state index in [0.29, 0.717) is 0 Å². The van der Waals surface area contributed by atoms with E-state index < -0.39 is 0 Å². The van der Waals surface area contributed by atoms with Gasteiger partial charge in [0, 0.05) is 0 Å². The van der Waals surface area contributed by atoms with E-state index in [1.807, 2.05) is 36.4 Å². The van der Waals surface area contributed by atoms with Crippen LogP contribution in [0.3, 0.4) is 0 Å². The molecule has 0 saturated heterocycles. The minimum Gasteiger partial charge on any atom is -0.449 e. The van der Waals surface area contributed by atoms with Crippen LogP contribution in [0.1, 0.15) is 0 Å². The zero-order chi connectivity index (χ0) is 9.97. The summed E-state index contributed by atoms with van der Waals surface area (Å²) in [4.78, 5) is 0. The first kappa shape index (κ1) is 9.31. The molecule has 0 aliphatic rings. The number of hydrogen-bond donors (Lipinski definition) is 2. The van der Waals surface area contributed by atoms with Gasteiger partial charge in [-0.25, -0.2) is 0 Å². The monoisotopic (exact) mass is 184 g/mol. The van der Waals surface area contributed by atoms with Crippen molar-refractivity contribution in [3.63, 3.8) is 0 Å². The minimum atomic E-state index is 0.0672. The average Bonchev–Trinajstić information content (AvgIpc) is 2.27. The molecule has 2 aromatic carbocycles. The first-order valence-corrected chi connectivity index (χ1v) is 4.57. The van der Waals surface area contributed by atoms with Gasteiger partial charge >= 0.3 is 15.0 Å². The van der Waals surface area contributed by atoms with Gasteiger partial charge in [0.2, 0.25) is 0 Å². The Kier molecular flexibility index (Phi) is 2.57. The molecular weight excluding hydrogens is 174 g/mol.